The summed E-state index contributed by atoms with van der Waals surface area (Å²) < 4.78 is 32.2. The third kappa shape index (κ3) is 4.77. The summed E-state index contributed by atoms with van der Waals surface area (Å²) in [4.78, 5) is 23.5. The van der Waals surface area contributed by atoms with Crippen LogP contribution in [0.5, 0.6) is 0 Å². The standard InChI is InChI=1S/C20H27F2N7OS/c1-12-7-24-18(26-15-6-13(2)28-31-15)27-16(12)29-10-19(3,11-29)8-25-17(30)14-4-5-23-9-20(14,21)22/h6-7,14,23H,4-5,8-11H2,1-3H3,(H,25,30)(H,24,26,27). The Hall–Kier alpha value is -2.40. The Morgan fingerprint density at radius 2 is 2.16 bits per heavy atom. The first-order valence-electron chi connectivity index (χ1n) is 10.3. The van der Waals surface area contributed by atoms with Crippen LogP contribution in [0.3, 0.4) is 0 Å². The molecule has 1 atom stereocenters. The molecule has 168 valence electrons. The third-order valence-electron chi connectivity index (χ3n) is 5.74. The highest BCUT2D eigenvalue weighted by Gasteiger charge is 2.47. The minimum atomic E-state index is -3.01. The Bertz CT molecular complexity index is 961. The van der Waals surface area contributed by atoms with Gasteiger partial charge in [-0.25, -0.2) is 13.8 Å². The van der Waals surface area contributed by atoms with E-state index in [-0.39, 0.29) is 11.8 Å². The highest BCUT2D eigenvalue weighted by atomic mass is 32.1. The Kier molecular flexibility index (Phi) is 5.82. The van der Waals surface area contributed by atoms with Gasteiger partial charge in [0.25, 0.3) is 5.92 Å². The Balaban J connectivity index is 1.34. The highest BCUT2D eigenvalue weighted by molar-refractivity contribution is 7.10. The van der Waals surface area contributed by atoms with Crippen molar-refractivity contribution in [2.45, 2.75) is 33.1 Å². The molecule has 2 aromatic heterocycles. The van der Waals surface area contributed by atoms with Gasteiger partial charge in [-0.3, -0.25) is 4.79 Å². The van der Waals surface area contributed by atoms with Gasteiger partial charge in [0.05, 0.1) is 12.2 Å². The van der Waals surface area contributed by atoms with Crippen molar-refractivity contribution < 1.29 is 13.6 Å². The van der Waals surface area contributed by atoms with Crippen molar-refractivity contribution in [3.63, 3.8) is 0 Å². The van der Waals surface area contributed by atoms with Crippen LogP contribution in [0.1, 0.15) is 24.6 Å². The zero-order valence-electron chi connectivity index (χ0n) is 17.8. The molecule has 0 aliphatic carbocycles. The lowest BCUT2D eigenvalue weighted by atomic mass is 9.81. The molecule has 11 heteroatoms. The fourth-order valence-electron chi connectivity index (χ4n) is 4.07. The molecule has 8 nitrogen and oxygen atoms in total. The number of nitrogens with zero attached hydrogens (tertiary/aromatic N) is 4. The summed E-state index contributed by atoms with van der Waals surface area (Å²) in [5, 5.41) is 9.45. The number of aryl methyl sites for hydroxylation is 2. The van der Waals surface area contributed by atoms with Crippen LogP contribution in [0, 0.1) is 25.2 Å². The molecule has 2 fully saturated rings. The van der Waals surface area contributed by atoms with Crippen LogP contribution >= 0.6 is 11.5 Å². The van der Waals surface area contributed by atoms with Crippen LogP contribution in [-0.4, -0.2) is 58.9 Å². The highest BCUT2D eigenvalue weighted by Crippen LogP contribution is 2.35. The van der Waals surface area contributed by atoms with Crippen LogP contribution in [0.2, 0.25) is 0 Å². The maximum absolute atomic E-state index is 14.0. The van der Waals surface area contributed by atoms with Gasteiger partial charge >= 0.3 is 0 Å². The second-order valence-corrected chi connectivity index (χ2v) is 9.63. The number of amides is 1. The predicted molar refractivity (Wildman–Crippen MR) is 116 cm³/mol. The van der Waals surface area contributed by atoms with Crippen LogP contribution in [0.15, 0.2) is 12.3 Å². The smallest absolute Gasteiger partial charge is 0.271 e. The number of carbonyl (C=O) groups excluding carboxylic acids is 1. The van der Waals surface area contributed by atoms with Crippen molar-refractivity contribution in [2.24, 2.45) is 11.3 Å². The van der Waals surface area contributed by atoms with Crippen molar-refractivity contribution in [1.82, 2.24) is 25.0 Å². The van der Waals surface area contributed by atoms with E-state index in [1.807, 2.05) is 26.8 Å². The summed E-state index contributed by atoms with van der Waals surface area (Å²) in [5.74, 6) is -3.50. The Morgan fingerprint density at radius 3 is 2.84 bits per heavy atom. The van der Waals surface area contributed by atoms with E-state index in [1.54, 1.807) is 6.20 Å². The first-order valence-corrected chi connectivity index (χ1v) is 11.1. The molecule has 0 spiro atoms. The number of hydrogen-bond acceptors (Lipinski definition) is 8. The van der Waals surface area contributed by atoms with E-state index in [2.05, 4.69) is 35.2 Å². The Labute approximate surface area is 184 Å². The second kappa shape index (κ2) is 8.27. The van der Waals surface area contributed by atoms with Gasteiger partial charge in [-0.1, -0.05) is 6.92 Å². The molecule has 3 N–H and O–H groups in total. The number of alkyl halides is 2. The molecule has 0 radical (unpaired) electrons. The monoisotopic (exact) mass is 451 g/mol. The number of carbonyl (C=O) groups is 1. The van der Waals surface area contributed by atoms with Crippen LogP contribution in [0.25, 0.3) is 0 Å². The molecule has 2 aromatic rings. The lowest BCUT2D eigenvalue weighted by Crippen LogP contribution is -2.61. The number of halogens is 2. The van der Waals surface area contributed by atoms with Gasteiger partial charge in [0, 0.05) is 36.8 Å². The van der Waals surface area contributed by atoms with Gasteiger partial charge in [0.15, 0.2) is 0 Å². The van der Waals surface area contributed by atoms with Crippen molar-refractivity contribution in [1.29, 1.82) is 0 Å². The minimum absolute atomic E-state index is 0.150. The fourth-order valence-corrected chi connectivity index (χ4v) is 4.72. The van der Waals surface area contributed by atoms with E-state index in [1.165, 1.54) is 11.5 Å². The third-order valence-corrected chi connectivity index (χ3v) is 6.53. The molecular formula is C20H27F2N7OS. The minimum Gasteiger partial charge on any atom is -0.355 e. The zero-order chi connectivity index (χ0) is 22.2. The first kappa shape index (κ1) is 21.8. The van der Waals surface area contributed by atoms with Gasteiger partial charge in [0.1, 0.15) is 16.7 Å². The molecule has 1 unspecified atom stereocenters. The largest absolute Gasteiger partial charge is 0.355 e. The summed E-state index contributed by atoms with van der Waals surface area (Å²) in [5.41, 5.74) is 1.69. The van der Waals surface area contributed by atoms with Crippen molar-refractivity contribution in [2.75, 3.05) is 42.9 Å². The molecule has 0 bridgehead atoms. The number of hydrogen-bond donors (Lipinski definition) is 3. The lowest BCUT2D eigenvalue weighted by Gasteiger charge is -2.49. The fraction of sp³-hybridized carbons (Fsp3) is 0.600. The number of piperidine rings is 1. The molecule has 31 heavy (non-hydrogen) atoms. The summed E-state index contributed by atoms with van der Waals surface area (Å²) >= 11 is 1.35. The van der Waals surface area contributed by atoms with Gasteiger partial charge in [-0.05, 0) is 44.4 Å². The van der Waals surface area contributed by atoms with Crippen LogP contribution < -0.4 is 20.9 Å². The number of anilines is 3. The molecule has 0 aromatic carbocycles. The maximum Gasteiger partial charge on any atom is 0.271 e. The van der Waals surface area contributed by atoms with Gasteiger partial charge in [-0.15, -0.1) is 0 Å². The SMILES string of the molecule is Cc1cc(Nc2ncc(C)c(N3CC(C)(CNC(=O)C4CCNCC4(F)F)C3)n2)sn1. The van der Waals surface area contributed by atoms with Gasteiger partial charge in [-0.2, -0.15) is 9.36 Å². The predicted octanol–water partition coefficient (Wildman–Crippen LogP) is 2.48. The summed E-state index contributed by atoms with van der Waals surface area (Å²) in [6, 6.07) is 1.93. The molecule has 2 aliphatic rings. The van der Waals surface area contributed by atoms with Crippen LogP contribution in [0.4, 0.5) is 25.5 Å². The van der Waals surface area contributed by atoms with Crippen LogP contribution in [-0.2, 0) is 4.79 Å². The molecule has 2 aliphatic heterocycles. The average Bonchev–Trinajstić information content (AvgIpc) is 3.10. The second-order valence-electron chi connectivity index (χ2n) is 8.82. The number of aromatic nitrogens is 3. The topological polar surface area (TPSA) is 95.1 Å². The maximum atomic E-state index is 14.0. The molecule has 1 amide bonds. The van der Waals surface area contributed by atoms with E-state index in [9.17, 15) is 13.6 Å². The molecular weight excluding hydrogens is 424 g/mol. The zero-order valence-corrected chi connectivity index (χ0v) is 18.7. The molecule has 2 saturated heterocycles. The normalized spacial score (nSPS) is 22.0. The molecule has 0 saturated carbocycles. The quantitative estimate of drug-likeness (QED) is 0.621. The first-order chi connectivity index (χ1) is 14.7. The van der Waals surface area contributed by atoms with E-state index in [0.29, 0.717) is 32.1 Å². The van der Waals surface area contributed by atoms with E-state index < -0.39 is 24.3 Å². The van der Waals surface area contributed by atoms with Crippen molar-refractivity contribution in [3.8, 4) is 0 Å². The summed E-state index contributed by atoms with van der Waals surface area (Å²) in [7, 11) is 0. The van der Waals surface area contributed by atoms with E-state index in [4.69, 9.17) is 0 Å². The summed E-state index contributed by atoms with van der Waals surface area (Å²) in [6.45, 7) is 7.61. The summed E-state index contributed by atoms with van der Waals surface area (Å²) in [6.07, 6.45) is 1.92. The van der Waals surface area contributed by atoms with E-state index >= 15 is 0 Å². The van der Waals surface area contributed by atoms with Gasteiger partial charge < -0.3 is 20.9 Å². The average molecular weight is 452 g/mol. The molecule has 4 heterocycles. The van der Waals surface area contributed by atoms with Crippen molar-refractivity contribution >= 4 is 34.2 Å². The lowest BCUT2D eigenvalue weighted by molar-refractivity contribution is -0.143. The van der Waals surface area contributed by atoms with Crippen molar-refractivity contribution in [3.05, 3.63) is 23.5 Å². The number of nitrogens with one attached hydrogen (secondary N) is 3. The Morgan fingerprint density at radius 1 is 1.39 bits per heavy atom. The molecule has 4 rings (SSSR count). The number of rotatable bonds is 6. The van der Waals surface area contributed by atoms with E-state index in [0.717, 1.165) is 22.1 Å². The van der Waals surface area contributed by atoms with Gasteiger partial charge in [0.2, 0.25) is 11.9 Å².